The number of rotatable bonds is 2. The van der Waals surface area contributed by atoms with Crippen molar-refractivity contribution in [1.29, 1.82) is 0 Å². The van der Waals surface area contributed by atoms with Crippen LogP contribution in [-0.4, -0.2) is 55.7 Å². The van der Waals surface area contributed by atoms with Crippen LogP contribution in [-0.2, 0) is 25.6 Å². The van der Waals surface area contributed by atoms with Crippen LogP contribution in [0.3, 0.4) is 0 Å². The highest BCUT2D eigenvalue weighted by molar-refractivity contribution is 6.30. The smallest absolute Gasteiger partial charge is 0.251 e. The molecule has 1 aromatic rings. The van der Waals surface area contributed by atoms with Crippen molar-refractivity contribution in [1.82, 2.24) is 10.2 Å². The maximum absolute atomic E-state index is 12.9. The monoisotopic (exact) mass is 408 g/mol. The normalized spacial score (nSPS) is 22.4. The van der Waals surface area contributed by atoms with E-state index in [1.807, 2.05) is 30.4 Å². The Bertz CT molecular complexity index is 666. The summed E-state index contributed by atoms with van der Waals surface area (Å²) in [6.07, 6.45) is 5.15. The number of nitrogens with zero attached hydrogens (tertiary/aromatic N) is 1. The van der Waals surface area contributed by atoms with Gasteiger partial charge in [-0.15, -0.1) is 0 Å². The van der Waals surface area contributed by atoms with E-state index < -0.39 is 6.10 Å². The van der Waals surface area contributed by atoms with Gasteiger partial charge in [0.2, 0.25) is 5.91 Å². The first-order valence-corrected chi connectivity index (χ1v) is 10.1. The Kier molecular flexibility index (Phi) is 10.0. The lowest BCUT2D eigenvalue weighted by Crippen LogP contribution is -2.43. The van der Waals surface area contributed by atoms with Crippen molar-refractivity contribution in [3.8, 4) is 0 Å². The van der Waals surface area contributed by atoms with Gasteiger partial charge in [0.15, 0.2) is 0 Å². The molecule has 0 aromatic heterocycles. The molecule has 1 aliphatic rings. The van der Waals surface area contributed by atoms with Crippen molar-refractivity contribution in [2.45, 2.75) is 38.8 Å². The second-order valence-corrected chi connectivity index (χ2v) is 7.13. The molecule has 1 heterocycles. The SMILES string of the molecule is CC1OCC/C=C/COCCCC(=O)NCCN(Cc2cccc(Cl)c2)C1=O. The third-order valence-corrected chi connectivity index (χ3v) is 4.59. The van der Waals surface area contributed by atoms with Crippen LogP contribution in [0.1, 0.15) is 31.7 Å². The molecule has 1 N–H and O–H groups in total. The molecule has 28 heavy (non-hydrogen) atoms. The molecular weight excluding hydrogens is 380 g/mol. The van der Waals surface area contributed by atoms with Gasteiger partial charge in [-0.1, -0.05) is 35.9 Å². The van der Waals surface area contributed by atoms with Crippen LogP contribution in [0.15, 0.2) is 36.4 Å². The van der Waals surface area contributed by atoms with E-state index in [1.54, 1.807) is 17.9 Å². The number of benzene rings is 1. The van der Waals surface area contributed by atoms with E-state index in [0.29, 0.717) is 57.3 Å². The third kappa shape index (κ3) is 8.42. The van der Waals surface area contributed by atoms with Crippen LogP contribution in [0.4, 0.5) is 0 Å². The Labute approximate surface area is 171 Å². The van der Waals surface area contributed by atoms with Crippen molar-refractivity contribution >= 4 is 23.4 Å². The second kappa shape index (κ2) is 12.5. The molecular formula is C21H29ClN2O4. The molecule has 2 amide bonds. The number of hydrogen-bond acceptors (Lipinski definition) is 4. The molecule has 1 aliphatic heterocycles. The second-order valence-electron chi connectivity index (χ2n) is 6.69. The summed E-state index contributed by atoms with van der Waals surface area (Å²) in [5.41, 5.74) is 0.936. The van der Waals surface area contributed by atoms with Crippen molar-refractivity contribution in [3.05, 3.63) is 47.0 Å². The summed E-state index contributed by atoms with van der Waals surface area (Å²) in [4.78, 5) is 26.5. The molecule has 0 fully saturated rings. The van der Waals surface area contributed by atoms with Gasteiger partial charge in [-0.05, 0) is 37.5 Å². The summed E-state index contributed by atoms with van der Waals surface area (Å²) in [5.74, 6) is -0.145. The van der Waals surface area contributed by atoms with E-state index in [0.717, 1.165) is 12.0 Å². The summed E-state index contributed by atoms with van der Waals surface area (Å²) in [7, 11) is 0. The first kappa shape index (κ1) is 22.4. The largest absolute Gasteiger partial charge is 0.377 e. The number of carbonyl (C=O) groups is 2. The van der Waals surface area contributed by atoms with Gasteiger partial charge in [0.25, 0.3) is 5.91 Å². The maximum Gasteiger partial charge on any atom is 0.251 e. The van der Waals surface area contributed by atoms with Crippen molar-refractivity contribution < 1.29 is 19.1 Å². The van der Waals surface area contributed by atoms with E-state index in [-0.39, 0.29) is 11.8 Å². The zero-order chi connectivity index (χ0) is 20.2. The Morgan fingerprint density at radius 1 is 1.25 bits per heavy atom. The fourth-order valence-electron chi connectivity index (χ4n) is 2.85. The van der Waals surface area contributed by atoms with Crippen LogP contribution in [0.5, 0.6) is 0 Å². The Balaban J connectivity index is 2.03. The molecule has 0 bridgehead atoms. The molecule has 0 radical (unpaired) electrons. The molecule has 0 spiro atoms. The molecule has 1 atom stereocenters. The maximum atomic E-state index is 12.9. The molecule has 1 aromatic carbocycles. The third-order valence-electron chi connectivity index (χ3n) is 4.35. The molecule has 154 valence electrons. The lowest BCUT2D eigenvalue weighted by atomic mass is 10.2. The van der Waals surface area contributed by atoms with Gasteiger partial charge >= 0.3 is 0 Å². The summed E-state index contributed by atoms with van der Waals surface area (Å²) >= 11 is 6.07. The molecule has 1 unspecified atom stereocenters. The zero-order valence-electron chi connectivity index (χ0n) is 16.4. The van der Waals surface area contributed by atoms with Crippen LogP contribution in [0.2, 0.25) is 5.02 Å². The van der Waals surface area contributed by atoms with E-state index in [1.165, 1.54) is 0 Å². The predicted octanol–water partition coefficient (Wildman–Crippen LogP) is 2.95. The number of amides is 2. The van der Waals surface area contributed by atoms with Crippen molar-refractivity contribution in [3.63, 3.8) is 0 Å². The molecule has 0 saturated heterocycles. The molecule has 2 rings (SSSR count). The first-order valence-electron chi connectivity index (χ1n) is 9.70. The minimum absolute atomic E-state index is 0.0390. The van der Waals surface area contributed by atoms with Crippen molar-refractivity contribution in [2.24, 2.45) is 0 Å². The number of carbonyl (C=O) groups excluding carboxylic acids is 2. The molecule has 0 aliphatic carbocycles. The number of hydrogen-bond donors (Lipinski definition) is 1. The lowest BCUT2D eigenvalue weighted by Gasteiger charge is -2.26. The number of nitrogens with one attached hydrogen (secondary N) is 1. The topological polar surface area (TPSA) is 67.9 Å². The van der Waals surface area contributed by atoms with Gasteiger partial charge in [-0.25, -0.2) is 0 Å². The summed E-state index contributed by atoms with van der Waals surface area (Å²) in [5, 5.41) is 3.50. The van der Waals surface area contributed by atoms with Crippen LogP contribution in [0.25, 0.3) is 0 Å². The Hall–Kier alpha value is -1.89. The average molecular weight is 409 g/mol. The highest BCUT2D eigenvalue weighted by atomic mass is 35.5. The first-order chi connectivity index (χ1) is 13.6. The Morgan fingerprint density at radius 3 is 2.93 bits per heavy atom. The molecule has 7 heteroatoms. The fraction of sp³-hybridized carbons (Fsp3) is 0.524. The number of halogens is 1. The highest BCUT2D eigenvalue weighted by Gasteiger charge is 2.21. The zero-order valence-corrected chi connectivity index (χ0v) is 17.1. The van der Waals surface area contributed by atoms with E-state index >= 15 is 0 Å². The molecule has 6 nitrogen and oxygen atoms in total. The minimum atomic E-state index is -0.560. The average Bonchev–Trinajstić information content (AvgIpc) is 2.67. The van der Waals surface area contributed by atoms with Gasteiger partial charge in [-0.2, -0.15) is 0 Å². The number of ether oxygens (including phenoxy) is 2. The van der Waals surface area contributed by atoms with Crippen molar-refractivity contribution in [2.75, 3.05) is 32.9 Å². The summed E-state index contributed by atoms with van der Waals surface area (Å²) in [6.45, 7) is 4.49. The quantitative estimate of drug-likeness (QED) is 0.764. The lowest BCUT2D eigenvalue weighted by molar-refractivity contribution is -0.143. The minimum Gasteiger partial charge on any atom is -0.377 e. The predicted molar refractivity (Wildman–Crippen MR) is 109 cm³/mol. The standard InChI is InChI=1S/C21H29ClN2O4/c1-17-21(26)24(16-18-7-5-8-19(22)15-18)11-10-23-20(25)9-6-13-27-12-3-2-4-14-28-17/h2-3,5,7-8,15,17H,4,6,9-14,16H2,1H3,(H,23,25)/b3-2+. The summed E-state index contributed by atoms with van der Waals surface area (Å²) < 4.78 is 11.2. The van der Waals surface area contributed by atoms with E-state index in [2.05, 4.69) is 5.32 Å². The fourth-order valence-corrected chi connectivity index (χ4v) is 3.07. The Morgan fingerprint density at radius 2 is 2.11 bits per heavy atom. The van der Waals surface area contributed by atoms with Gasteiger partial charge in [0.05, 0.1) is 13.2 Å². The van der Waals surface area contributed by atoms with Crippen LogP contribution >= 0.6 is 11.6 Å². The summed E-state index contributed by atoms with van der Waals surface area (Å²) in [6, 6.07) is 7.42. The highest BCUT2D eigenvalue weighted by Crippen LogP contribution is 2.14. The van der Waals surface area contributed by atoms with E-state index in [9.17, 15) is 9.59 Å². The van der Waals surface area contributed by atoms with Gasteiger partial charge in [0.1, 0.15) is 6.10 Å². The van der Waals surface area contributed by atoms with Gasteiger partial charge < -0.3 is 19.7 Å². The van der Waals surface area contributed by atoms with Gasteiger partial charge in [-0.3, -0.25) is 9.59 Å². The van der Waals surface area contributed by atoms with Crippen LogP contribution in [0, 0.1) is 0 Å². The van der Waals surface area contributed by atoms with Gasteiger partial charge in [0, 0.05) is 37.7 Å². The van der Waals surface area contributed by atoms with E-state index in [4.69, 9.17) is 21.1 Å². The molecule has 0 saturated carbocycles. The van der Waals surface area contributed by atoms with Crippen LogP contribution < -0.4 is 5.32 Å².